The molecule has 1 aromatic rings. The summed E-state index contributed by atoms with van der Waals surface area (Å²) in [6, 6.07) is 12.0. The lowest BCUT2D eigenvalue weighted by atomic mass is 10.4. The molecule has 0 saturated heterocycles. The predicted molar refractivity (Wildman–Crippen MR) is 58.4 cm³/mol. The van der Waals surface area contributed by atoms with Gasteiger partial charge in [0.1, 0.15) is 14.5 Å². The second kappa shape index (κ2) is 9.76. The maximum atomic E-state index is 6.69. The summed E-state index contributed by atoms with van der Waals surface area (Å²) in [5.41, 5.74) is 0. The van der Waals surface area contributed by atoms with Gasteiger partial charge in [-0.3, -0.25) is 0 Å². The van der Waals surface area contributed by atoms with Crippen LogP contribution in [0.2, 0.25) is 11.6 Å². The van der Waals surface area contributed by atoms with Crippen LogP contribution in [0.4, 0.5) is 0 Å². The summed E-state index contributed by atoms with van der Waals surface area (Å²) in [6.07, 6.45) is 0. The summed E-state index contributed by atoms with van der Waals surface area (Å²) in [5, 5.41) is 6.69. The minimum atomic E-state index is -0.808. The Labute approximate surface area is 84.9 Å². The molecule has 1 aromatic carbocycles. The van der Waals surface area contributed by atoms with Gasteiger partial charge in [0.15, 0.2) is 6.61 Å². The highest BCUT2D eigenvalue weighted by molar-refractivity contribution is 6.48. The van der Waals surface area contributed by atoms with Gasteiger partial charge in [-0.15, -0.1) is 0 Å². The molecule has 0 aliphatic heterocycles. The summed E-state index contributed by atoms with van der Waals surface area (Å²) >= 11 is -0.808. The Kier molecular flexibility index (Phi) is 9.51. The van der Waals surface area contributed by atoms with Crippen molar-refractivity contribution >= 4 is 14.5 Å². The average molecular weight is 197 g/mol. The van der Waals surface area contributed by atoms with Crippen molar-refractivity contribution in [3.63, 3.8) is 0 Å². The van der Waals surface area contributed by atoms with E-state index < -0.39 is 14.5 Å². The minimum Gasteiger partial charge on any atom is -0.673 e. The molecule has 0 aliphatic rings. The fourth-order valence-electron chi connectivity index (χ4n) is 0.680. The first-order valence-electron chi connectivity index (χ1n) is 4.53. The van der Waals surface area contributed by atoms with Crippen LogP contribution in [0.25, 0.3) is 0 Å². The van der Waals surface area contributed by atoms with Gasteiger partial charge in [-0.05, 0) is 0 Å². The third-order valence-electron chi connectivity index (χ3n) is 1.22. The lowest BCUT2D eigenvalue weighted by molar-refractivity contribution is 0.203. The summed E-state index contributed by atoms with van der Waals surface area (Å²) < 4.78 is 5.14. The quantitative estimate of drug-likeness (QED) is 0.535. The predicted octanol–water partition coefficient (Wildman–Crippen LogP) is 1.67. The highest BCUT2D eigenvalue weighted by atomic mass is 27.2. The maximum Gasteiger partial charge on any atom is 0.162 e. The molecule has 0 amide bonds. The Bertz CT molecular complexity index is 151. The Balaban J connectivity index is 0.000000223. The molecule has 0 aliphatic carbocycles. The second-order valence-corrected chi connectivity index (χ2v) is 5.26. The van der Waals surface area contributed by atoms with Crippen LogP contribution in [0.3, 0.4) is 0 Å². The van der Waals surface area contributed by atoms with Crippen LogP contribution in [0.15, 0.2) is 36.4 Å². The minimum absolute atomic E-state index is 0.408. The first kappa shape index (κ1) is 12.7. The van der Waals surface area contributed by atoms with Gasteiger partial charge >= 0.3 is 0 Å². The highest BCUT2D eigenvalue weighted by Gasteiger charge is 1.82. The largest absolute Gasteiger partial charge is 0.673 e. The molecule has 0 bridgehead atoms. The van der Waals surface area contributed by atoms with Crippen LogP contribution in [0.1, 0.15) is 0 Å². The summed E-state index contributed by atoms with van der Waals surface area (Å²) in [4.78, 5) is 0. The summed E-state index contributed by atoms with van der Waals surface area (Å²) in [6.45, 7) is 1.04. The van der Waals surface area contributed by atoms with Crippen LogP contribution < -0.4 is 0 Å². The lowest BCUT2D eigenvalue weighted by Gasteiger charge is -2.12. The van der Waals surface area contributed by atoms with Crippen molar-refractivity contribution in [2.75, 3.05) is 13.2 Å². The molecule has 0 unspecified atom stereocenters. The fourth-order valence-corrected chi connectivity index (χ4v) is 1.27. The third-order valence-corrected chi connectivity index (χ3v) is 2.12. The van der Waals surface area contributed by atoms with Gasteiger partial charge < -0.3 is 8.90 Å². The van der Waals surface area contributed by atoms with Crippen molar-refractivity contribution in [3.05, 3.63) is 36.4 Å². The number of hydrogen-bond acceptors (Lipinski definition) is 1. The van der Waals surface area contributed by atoms with E-state index in [4.69, 9.17) is 8.90 Å². The average Bonchev–Trinajstić information content (AvgIpc) is 2.18. The van der Waals surface area contributed by atoms with E-state index in [1.54, 1.807) is 0 Å². The van der Waals surface area contributed by atoms with Crippen LogP contribution in [-0.4, -0.2) is 32.8 Å². The van der Waals surface area contributed by atoms with Crippen LogP contribution in [0.5, 0.6) is 0 Å². The van der Waals surface area contributed by atoms with Crippen molar-refractivity contribution in [1.82, 2.24) is 0 Å². The van der Waals surface area contributed by atoms with Crippen molar-refractivity contribution in [3.8, 4) is 0 Å². The standard InChI is InChI=1S/C6H6.C2H5O2.2CH3.Al/c1-2-4-6-5-3-1;3-1-2-4;;;/h1-6H;3H,1-2H2;2*1H3;/q;-1;;;/p+1. The number of benzene rings is 1. The van der Waals surface area contributed by atoms with Gasteiger partial charge in [0, 0.05) is 0 Å². The second-order valence-electron chi connectivity index (χ2n) is 2.82. The molecule has 0 saturated carbocycles. The Morgan fingerprint density at radius 1 is 1.00 bits per heavy atom. The molecule has 0 aromatic heterocycles. The van der Waals surface area contributed by atoms with E-state index in [2.05, 4.69) is 11.6 Å². The van der Waals surface area contributed by atoms with E-state index in [1.165, 1.54) is 0 Å². The monoisotopic (exact) mass is 197 g/mol. The maximum absolute atomic E-state index is 6.69. The molecule has 1 radical (unpaired) electrons. The molecule has 13 heavy (non-hydrogen) atoms. The number of rotatable bonds is 3. The lowest BCUT2D eigenvalue weighted by Crippen LogP contribution is -2.10. The normalized spacial score (nSPS) is 9.23. The summed E-state index contributed by atoms with van der Waals surface area (Å²) in [5.74, 6) is 4.21. The fraction of sp³-hybridized carbons (Fsp3) is 0.400. The molecule has 0 spiro atoms. The molecule has 73 valence electrons. The van der Waals surface area contributed by atoms with E-state index in [1.807, 2.05) is 36.4 Å². The van der Waals surface area contributed by atoms with Gasteiger partial charge in [-0.25, -0.2) is 11.6 Å². The van der Waals surface area contributed by atoms with Crippen LogP contribution in [0, 0.1) is 0 Å². The van der Waals surface area contributed by atoms with Crippen molar-refractivity contribution in [2.24, 2.45) is 0 Å². The number of hydrogen-bond donors (Lipinski definition) is 0. The third kappa shape index (κ3) is 11.7. The van der Waals surface area contributed by atoms with Gasteiger partial charge in [0.2, 0.25) is 0 Å². The SMILES string of the molecule is [CH3][Al-]([CH3])[O]CC[OH2+].c1ccccc1. The zero-order chi connectivity index (χ0) is 9.94. The summed E-state index contributed by atoms with van der Waals surface area (Å²) in [7, 11) is 0. The van der Waals surface area contributed by atoms with Gasteiger partial charge in [-0.2, -0.15) is 0 Å². The molecule has 0 atom stereocenters. The molecular formula is C10H18AlO2. The van der Waals surface area contributed by atoms with E-state index >= 15 is 0 Å². The molecule has 0 fully saturated rings. The van der Waals surface area contributed by atoms with Crippen LogP contribution in [-0.2, 0) is 3.79 Å². The first-order chi connectivity index (χ1) is 6.27. The zero-order valence-electron chi connectivity index (χ0n) is 8.36. The van der Waals surface area contributed by atoms with E-state index in [-0.39, 0.29) is 0 Å². The van der Waals surface area contributed by atoms with Gasteiger partial charge in [0.05, 0.1) is 6.61 Å². The highest BCUT2D eigenvalue weighted by Crippen LogP contribution is 1.80. The Morgan fingerprint density at radius 2 is 1.38 bits per heavy atom. The molecule has 1 rings (SSSR count). The van der Waals surface area contributed by atoms with Crippen molar-refractivity contribution in [1.29, 1.82) is 0 Å². The van der Waals surface area contributed by atoms with E-state index in [0.29, 0.717) is 13.2 Å². The Morgan fingerprint density at radius 3 is 1.54 bits per heavy atom. The van der Waals surface area contributed by atoms with Gasteiger partial charge in [0.25, 0.3) is 0 Å². The Hall–Kier alpha value is -0.328. The van der Waals surface area contributed by atoms with E-state index in [9.17, 15) is 0 Å². The molecule has 0 heterocycles. The zero-order valence-corrected chi connectivity index (χ0v) is 9.52. The molecule has 2 nitrogen and oxygen atoms in total. The topological polar surface area (TPSA) is 32.1 Å². The van der Waals surface area contributed by atoms with Crippen molar-refractivity contribution < 1.29 is 8.90 Å². The molecular weight excluding hydrogens is 179 g/mol. The van der Waals surface area contributed by atoms with Crippen molar-refractivity contribution in [2.45, 2.75) is 11.6 Å². The molecule has 2 N–H and O–H groups in total. The van der Waals surface area contributed by atoms with Gasteiger partial charge in [-0.1, -0.05) is 36.4 Å². The first-order valence-corrected chi connectivity index (χ1v) is 7.31. The van der Waals surface area contributed by atoms with E-state index in [0.717, 1.165) is 0 Å². The molecule has 3 heteroatoms. The van der Waals surface area contributed by atoms with Crippen LogP contribution >= 0.6 is 0 Å². The smallest absolute Gasteiger partial charge is 0.162 e.